The lowest BCUT2D eigenvalue weighted by Crippen LogP contribution is -2.30. The second-order valence-electron chi connectivity index (χ2n) is 6.86. The van der Waals surface area contributed by atoms with Crippen LogP contribution in [0.3, 0.4) is 0 Å². The molecule has 0 bridgehead atoms. The monoisotopic (exact) mass is 390 g/mol. The van der Waals surface area contributed by atoms with Gasteiger partial charge in [-0.2, -0.15) is 8.78 Å². The van der Waals surface area contributed by atoms with Crippen molar-refractivity contribution in [3.8, 4) is 11.5 Å². The van der Waals surface area contributed by atoms with Crippen LogP contribution >= 0.6 is 0 Å². The molecule has 1 fully saturated rings. The topological polar surface area (TPSA) is 50.8 Å². The number of rotatable bonds is 7. The van der Waals surface area contributed by atoms with Crippen LogP contribution in [-0.2, 0) is 6.54 Å². The molecule has 2 aromatic rings. The van der Waals surface area contributed by atoms with Crippen molar-refractivity contribution in [2.24, 2.45) is 0 Å². The van der Waals surface area contributed by atoms with Crippen molar-refractivity contribution in [3.05, 3.63) is 54.1 Å². The molecule has 0 radical (unpaired) electrons. The number of nitrogens with one attached hydrogen (secondary N) is 1. The summed E-state index contributed by atoms with van der Waals surface area (Å²) >= 11 is 0. The fourth-order valence-electron chi connectivity index (χ4n) is 3.16. The number of anilines is 1. The Labute approximate surface area is 163 Å². The maximum Gasteiger partial charge on any atom is 0.387 e. The average Bonchev–Trinajstić information content (AvgIpc) is 3.17. The lowest BCUT2D eigenvalue weighted by molar-refractivity contribution is -0.0498. The molecule has 1 aliphatic carbocycles. The van der Waals surface area contributed by atoms with Gasteiger partial charge in [0.05, 0.1) is 6.10 Å². The first-order valence-corrected chi connectivity index (χ1v) is 9.32. The highest BCUT2D eigenvalue weighted by atomic mass is 19.3. The van der Waals surface area contributed by atoms with Gasteiger partial charge in [-0.15, -0.1) is 0 Å². The SMILES string of the molecule is CN(Cc1ccc(OC(F)F)cc1)C(=O)Nc1ccc(OC2CCCC2)cc1. The second kappa shape index (κ2) is 9.39. The number of amides is 2. The summed E-state index contributed by atoms with van der Waals surface area (Å²) in [5, 5.41) is 2.83. The largest absolute Gasteiger partial charge is 0.490 e. The van der Waals surface area contributed by atoms with Crippen LogP contribution in [-0.4, -0.2) is 30.7 Å². The Morgan fingerprint density at radius 3 is 2.29 bits per heavy atom. The molecule has 28 heavy (non-hydrogen) atoms. The summed E-state index contributed by atoms with van der Waals surface area (Å²) in [6.07, 6.45) is 4.92. The van der Waals surface area contributed by atoms with Gasteiger partial charge in [-0.25, -0.2) is 4.79 Å². The number of urea groups is 1. The van der Waals surface area contributed by atoms with Gasteiger partial charge in [0.1, 0.15) is 11.5 Å². The molecule has 2 aromatic carbocycles. The van der Waals surface area contributed by atoms with Crippen LogP contribution in [0.2, 0.25) is 0 Å². The molecule has 5 nitrogen and oxygen atoms in total. The Morgan fingerprint density at radius 2 is 1.68 bits per heavy atom. The van der Waals surface area contributed by atoms with E-state index in [1.54, 1.807) is 19.2 Å². The zero-order valence-electron chi connectivity index (χ0n) is 15.7. The molecular formula is C21H24F2N2O3. The third-order valence-corrected chi connectivity index (χ3v) is 4.63. The molecule has 7 heteroatoms. The van der Waals surface area contributed by atoms with Crippen LogP contribution in [0, 0.1) is 0 Å². The highest BCUT2D eigenvalue weighted by Gasteiger charge is 2.16. The molecule has 0 unspecified atom stereocenters. The number of ether oxygens (including phenoxy) is 2. The van der Waals surface area contributed by atoms with E-state index in [1.807, 2.05) is 24.3 Å². The Hall–Kier alpha value is -2.83. The van der Waals surface area contributed by atoms with Gasteiger partial charge in [0.15, 0.2) is 0 Å². The van der Waals surface area contributed by atoms with Gasteiger partial charge < -0.3 is 19.7 Å². The number of nitrogens with zero attached hydrogens (tertiary/aromatic N) is 1. The van der Waals surface area contributed by atoms with Gasteiger partial charge in [-0.1, -0.05) is 12.1 Å². The molecule has 0 spiro atoms. The van der Waals surface area contributed by atoms with E-state index in [-0.39, 0.29) is 11.8 Å². The van der Waals surface area contributed by atoms with Gasteiger partial charge in [0, 0.05) is 19.3 Å². The van der Waals surface area contributed by atoms with Crippen LogP contribution in [0.5, 0.6) is 11.5 Å². The summed E-state index contributed by atoms with van der Waals surface area (Å²) in [4.78, 5) is 13.9. The van der Waals surface area contributed by atoms with E-state index in [0.29, 0.717) is 18.3 Å². The van der Waals surface area contributed by atoms with Gasteiger partial charge in [-0.05, 0) is 67.6 Å². The van der Waals surface area contributed by atoms with Crippen molar-refractivity contribution < 1.29 is 23.0 Å². The second-order valence-corrected chi connectivity index (χ2v) is 6.86. The highest BCUT2D eigenvalue weighted by Crippen LogP contribution is 2.25. The van der Waals surface area contributed by atoms with Crippen LogP contribution < -0.4 is 14.8 Å². The quantitative estimate of drug-likeness (QED) is 0.700. The van der Waals surface area contributed by atoms with Crippen molar-refractivity contribution in [1.29, 1.82) is 0 Å². The molecular weight excluding hydrogens is 366 g/mol. The number of carbonyl (C=O) groups excluding carboxylic acids is 1. The van der Waals surface area contributed by atoms with Crippen molar-refractivity contribution >= 4 is 11.7 Å². The lowest BCUT2D eigenvalue weighted by Gasteiger charge is -2.19. The maximum absolute atomic E-state index is 12.4. The van der Waals surface area contributed by atoms with E-state index in [9.17, 15) is 13.6 Å². The van der Waals surface area contributed by atoms with Crippen molar-refractivity contribution in [3.63, 3.8) is 0 Å². The average molecular weight is 390 g/mol. The summed E-state index contributed by atoms with van der Waals surface area (Å²) in [6.45, 7) is -2.52. The number of hydrogen-bond donors (Lipinski definition) is 1. The standard InChI is InChI=1S/C21H24F2N2O3/c1-25(14-15-6-10-19(11-7-15)28-20(22)23)21(26)24-16-8-12-18(13-9-16)27-17-4-2-3-5-17/h6-13,17,20H,2-5,14H2,1H3,(H,24,26). The van der Waals surface area contributed by atoms with Gasteiger partial charge >= 0.3 is 12.6 Å². The molecule has 1 aliphatic rings. The minimum atomic E-state index is -2.85. The van der Waals surface area contributed by atoms with E-state index >= 15 is 0 Å². The lowest BCUT2D eigenvalue weighted by atomic mass is 10.2. The summed E-state index contributed by atoms with van der Waals surface area (Å²) in [5.41, 5.74) is 1.48. The molecule has 2 amide bonds. The zero-order valence-corrected chi connectivity index (χ0v) is 15.7. The maximum atomic E-state index is 12.4. The Balaban J connectivity index is 1.49. The first-order chi connectivity index (χ1) is 13.5. The number of benzene rings is 2. The van der Waals surface area contributed by atoms with E-state index in [0.717, 1.165) is 24.2 Å². The first-order valence-electron chi connectivity index (χ1n) is 9.32. The molecule has 0 saturated heterocycles. The molecule has 0 atom stereocenters. The Morgan fingerprint density at radius 1 is 1.07 bits per heavy atom. The third-order valence-electron chi connectivity index (χ3n) is 4.63. The number of alkyl halides is 2. The van der Waals surface area contributed by atoms with Gasteiger partial charge in [0.2, 0.25) is 0 Å². The minimum Gasteiger partial charge on any atom is -0.490 e. The Bertz CT molecular complexity index is 760. The van der Waals surface area contributed by atoms with E-state index < -0.39 is 6.61 Å². The summed E-state index contributed by atoms with van der Waals surface area (Å²) in [5.74, 6) is 0.898. The molecule has 0 aromatic heterocycles. The van der Waals surface area contributed by atoms with Crippen molar-refractivity contribution in [2.75, 3.05) is 12.4 Å². The summed E-state index contributed by atoms with van der Waals surface area (Å²) in [6, 6.07) is 13.3. The van der Waals surface area contributed by atoms with Crippen molar-refractivity contribution in [1.82, 2.24) is 4.90 Å². The predicted molar refractivity (Wildman–Crippen MR) is 103 cm³/mol. The molecule has 1 saturated carbocycles. The normalized spacial score (nSPS) is 14.1. The zero-order chi connectivity index (χ0) is 19.9. The van der Waals surface area contributed by atoms with Crippen LogP contribution in [0.25, 0.3) is 0 Å². The third kappa shape index (κ3) is 5.84. The van der Waals surface area contributed by atoms with E-state index in [4.69, 9.17) is 4.74 Å². The predicted octanol–water partition coefficient (Wildman–Crippen LogP) is 5.27. The minimum absolute atomic E-state index is 0.0887. The fourth-order valence-corrected chi connectivity index (χ4v) is 3.16. The van der Waals surface area contributed by atoms with Crippen LogP contribution in [0.1, 0.15) is 31.2 Å². The van der Waals surface area contributed by atoms with Gasteiger partial charge in [0.25, 0.3) is 0 Å². The smallest absolute Gasteiger partial charge is 0.387 e. The summed E-state index contributed by atoms with van der Waals surface area (Å²) in [7, 11) is 1.66. The first kappa shape index (κ1) is 19.9. The van der Waals surface area contributed by atoms with E-state index in [2.05, 4.69) is 10.1 Å². The Kier molecular flexibility index (Phi) is 6.68. The molecule has 0 aliphatic heterocycles. The number of carbonyl (C=O) groups is 1. The highest BCUT2D eigenvalue weighted by molar-refractivity contribution is 5.89. The molecule has 0 heterocycles. The van der Waals surface area contributed by atoms with Crippen LogP contribution in [0.4, 0.5) is 19.3 Å². The molecule has 3 rings (SSSR count). The number of halogens is 2. The molecule has 150 valence electrons. The van der Waals surface area contributed by atoms with E-state index in [1.165, 1.54) is 29.9 Å². The molecule has 1 N–H and O–H groups in total. The van der Waals surface area contributed by atoms with Crippen LogP contribution in [0.15, 0.2) is 48.5 Å². The van der Waals surface area contributed by atoms with Gasteiger partial charge in [-0.3, -0.25) is 0 Å². The summed E-state index contributed by atoms with van der Waals surface area (Å²) < 4.78 is 34.6. The fraction of sp³-hybridized carbons (Fsp3) is 0.381. The number of hydrogen-bond acceptors (Lipinski definition) is 3. The van der Waals surface area contributed by atoms with Crippen molar-refractivity contribution in [2.45, 2.75) is 44.9 Å².